The fourth-order valence-corrected chi connectivity index (χ4v) is 3.73. The molecule has 0 aliphatic carbocycles. The molecule has 1 heterocycles. The molecule has 0 saturated carbocycles. The molecule has 5 nitrogen and oxygen atoms in total. The van der Waals surface area contributed by atoms with Gasteiger partial charge in [-0.05, 0) is 29.5 Å². The van der Waals surface area contributed by atoms with Crippen LogP contribution in [0.5, 0.6) is 0 Å². The van der Waals surface area contributed by atoms with Crippen molar-refractivity contribution in [1.29, 1.82) is 0 Å². The van der Waals surface area contributed by atoms with Crippen LogP contribution in [0, 0.1) is 0 Å². The second kappa shape index (κ2) is 9.90. The normalized spacial score (nSPS) is 16.4. The van der Waals surface area contributed by atoms with E-state index in [-0.39, 0.29) is 22.3 Å². The molecule has 1 unspecified atom stereocenters. The van der Waals surface area contributed by atoms with E-state index in [0.29, 0.717) is 19.4 Å². The van der Waals surface area contributed by atoms with Gasteiger partial charge in [-0.25, -0.2) is 0 Å². The molecule has 0 aromatic heterocycles. The zero-order valence-corrected chi connectivity index (χ0v) is 16.2. The summed E-state index contributed by atoms with van der Waals surface area (Å²) in [6.07, 6.45) is 5.43. The number of imide groups is 1. The SMILES string of the molecule is O=C(CC=Cc1ccccc1)NCCc1ccc(CC2SC(=O)NC2=O)cc1. The van der Waals surface area contributed by atoms with Crippen LogP contribution in [0.25, 0.3) is 6.08 Å². The van der Waals surface area contributed by atoms with Crippen LogP contribution >= 0.6 is 11.8 Å². The lowest BCUT2D eigenvalue weighted by Gasteiger charge is -2.07. The first kappa shape index (κ1) is 19.9. The summed E-state index contributed by atoms with van der Waals surface area (Å²) < 4.78 is 0. The van der Waals surface area contributed by atoms with Gasteiger partial charge in [-0.2, -0.15) is 0 Å². The predicted octanol–water partition coefficient (Wildman–Crippen LogP) is 3.34. The lowest BCUT2D eigenvalue weighted by molar-refractivity contribution is -0.120. The van der Waals surface area contributed by atoms with E-state index in [2.05, 4.69) is 10.6 Å². The van der Waals surface area contributed by atoms with Gasteiger partial charge in [-0.15, -0.1) is 0 Å². The molecule has 0 spiro atoms. The van der Waals surface area contributed by atoms with Crippen LogP contribution in [0.2, 0.25) is 0 Å². The van der Waals surface area contributed by atoms with Crippen LogP contribution in [0.1, 0.15) is 23.1 Å². The van der Waals surface area contributed by atoms with Crippen LogP contribution in [0.4, 0.5) is 4.79 Å². The van der Waals surface area contributed by atoms with E-state index in [1.165, 1.54) is 0 Å². The van der Waals surface area contributed by atoms with E-state index in [0.717, 1.165) is 34.9 Å². The van der Waals surface area contributed by atoms with Crippen molar-refractivity contribution in [3.8, 4) is 0 Å². The Balaban J connectivity index is 1.37. The summed E-state index contributed by atoms with van der Waals surface area (Å²) in [6.45, 7) is 0.576. The fraction of sp³-hybridized carbons (Fsp3) is 0.227. The van der Waals surface area contributed by atoms with E-state index in [4.69, 9.17) is 0 Å². The van der Waals surface area contributed by atoms with E-state index >= 15 is 0 Å². The smallest absolute Gasteiger partial charge is 0.286 e. The number of thioether (sulfide) groups is 1. The maximum Gasteiger partial charge on any atom is 0.286 e. The Morgan fingerprint density at radius 1 is 1.04 bits per heavy atom. The van der Waals surface area contributed by atoms with Crippen molar-refractivity contribution >= 4 is 34.9 Å². The molecule has 1 fully saturated rings. The Hall–Kier alpha value is -2.86. The van der Waals surface area contributed by atoms with Gasteiger partial charge in [-0.1, -0.05) is 78.5 Å². The molecule has 2 N–H and O–H groups in total. The number of carbonyl (C=O) groups excluding carboxylic acids is 3. The summed E-state index contributed by atoms with van der Waals surface area (Å²) >= 11 is 1.04. The van der Waals surface area contributed by atoms with Gasteiger partial charge in [0, 0.05) is 13.0 Å². The lowest BCUT2D eigenvalue weighted by Crippen LogP contribution is -2.25. The molecule has 1 aliphatic rings. The van der Waals surface area contributed by atoms with Crippen molar-refractivity contribution in [3.63, 3.8) is 0 Å². The number of rotatable bonds is 8. The number of amides is 3. The minimum absolute atomic E-state index is 0.00209. The van der Waals surface area contributed by atoms with Gasteiger partial charge in [0.1, 0.15) is 0 Å². The minimum atomic E-state index is -0.346. The summed E-state index contributed by atoms with van der Waals surface area (Å²) in [4.78, 5) is 34.7. The van der Waals surface area contributed by atoms with Gasteiger partial charge in [0.2, 0.25) is 11.8 Å². The Morgan fingerprint density at radius 3 is 2.43 bits per heavy atom. The van der Waals surface area contributed by atoms with Gasteiger partial charge >= 0.3 is 0 Å². The molecule has 0 bridgehead atoms. The molecule has 1 aliphatic heterocycles. The zero-order chi connectivity index (χ0) is 19.8. The van der Waals surface area contributed by atoms with Crippen molar-refractivity contribution in [2.24, 2.45) is 0 Å². The van der Waals surface area contributed by atoms with Gasteiger partial charge in [0.05, 0.1) is 5.25 Å². The third-order valence-corrected chi connectivity index (χ3v) is 5.34. The monoisotopic (exact) mass is 394 g/mol. The Morgan fingerprint density at radius 2 is 1.75 bits per heavy atom. The quantitative estimate of drug-likeness (QED) is 0.720. The number of hydrogen-bond acceptors (Lipinski definition) is 4. The highest BCUT2D eigenvalue weighted by Crippen LogP contribution is 2.23. The maximum atomic E-state index is 11.9. The predicted molar refractivity (Wildman–Crippen MR) is 112 cm³/mol. The maximum absolute atomic E-state index is 11.9. The fourth-order valence-electron chi connectivity index (χ4n) is 2.87. The van der Waals surface area contributed by atoms with E-state index in [9.17, 15) is 14.4 Å². The molecule has 3 rings (SSSR count). The van der Waals surface area contributed by atoms with Crippen molar-refractivity contribution in [3.05, 3.63) is 77.4 Å². The highest BCUT2D eigenvalue weighted by Gasteiger charge is 2.31. The van der Waals surface area contributed by atoms with Crippen LogP contribution < -0.4 is 10.6 Å². The second-order valence-corrected chi connectivity index (χ2v) is 7.70. The molecule has 144 valence electrons. The van der Waals surface area contributed by atoms with E-state index < -0.39 is 0 Å². The molecule has 1 atom stereocenters. The first-order valence-corrected chi connectivity index (χ1v) is 10.1. The van der Waals surface area contributed by atoms with Crippen LogP contribution in [0.15, 0.2) is 60.7 Å². The summed E-state index contributed by atoms with van der Waals surface area (Å²) in [5, 5.41) is 4.60. The Bertz CT molecular complexity index is 863. The zero-order valence-electron chi connectivity index (χ0n) is 15.4. The van der Waals surface area contributed by atoms with Gasteiger partial charge in [0.15, 0.2) is 0 Å². The highest BCUT2D eigenvalue weighted by molar-refractivity contribution is 8.15. The topological polar surface area (TPSA) is 75.3 Å². The molecular formula is C22H22N2O3S. The standard InChI is InChI=1S/C22H22N2O3S/c25-20(8-4-7-16-5-2-1-3-6-16)23-14-13-17-9-11-18(12-10-17)15-19-21(26)24-22(27)28-19/h1-7,9-12,19H,8,13-15H2,(H,23,25)(H,24,26,27). The molecule has 3 amide bonds. The average Bonchev–Trinajstić information content (AvgIpc) is 3.01. The summed E-state index contributed by atoms with van der Waals surface area (Å²) in [5.41, 5.74) is 3.21. The van der Waals surface area contributed by atoms with Gasteiger partial charge < -0.3 is 5.32 Å². The molecule has 6 heteroatoms. The molecule has 0 radical (unpaired) electrons. The van der Waals surface area contributed by atoms with Crippen molar-refractivity contribution in [2.45, 2.75) is 24.5 Å². The first-order valence-electron chi connectivity index (χ1n) is 9.18. The lowest BCUT2D eigenvalue weighted by atomic mass is 10.1. The van der Waals surface area contributed by atoms with Crippen LogP contribution in [-0.2, 0) is 22.4 Å². The summed E-state index contributed by atoms with van der Waals surface area (Å²) in [6, 6.07) is 17.8. The second-order valence-electron chi connectivity index (χ2n) is 6.52. The third kappa shape index (κ3) is 6.09. The van der Waals surface area contributed by atoms with Crippen LogP contribution in [0.3, 0.4) is 0 Å². The third-order valence-electron chi connectivity index (χ3n) is 4.36. The number of hydrogen-bond donors (Lipinski definition) is 2. The number of benzene rings is 2. The molecular weight excluding hydrogens is 372 g/mol. The van der Waals surface area contributed by atoms with Gasteiger partial charge in [0.25, 0.3) is 5.24 Å². The number of nitrogens with one attached hydrogen (secondary N) is 2. The largest absolute Gasteiger partial charge is 0.356 e. The first-order chi connectivity index (χ1) is 13.6. The van der Waals surface area contributed by atoms with Crippen molar-refractivity contribution in [2.75, 3.05) is 6.54 Å². The number of carbonyl (C=O) groups is 3. The highest BCUT2D eigenvalue weighted by atomic mass is 32.2. The summed E-state index contributed by atoms with van der Waals surface area (Å²) in [7, 11) is 0. The van der Waals surface area contributed by atoms with Crippen molar-refractivity contribution in [1.82, 2.24) is 10.6 Å². The Kier molecular flexibility index (Phi) is 7.03. The van der Waals surface area contributed by atoms with Crippen molar-refractivity contribution < 1.29 is 14.4 Å². The molecule has 2 aromatic carbocycles. The molecule has 28 heavy (non-hydrogen) atoms. The van der Waals surface area contributed by atoms with Crippen LogP contribution in [-0.4, -0.2) is 28.8 Å². The average molecular weight is 394 g/mol. The molecule has 2 aromatic rings. The van der Waals surface area contributed by atoms with E-state index in [1.54, 1.807) is 0 Å². The van der Waals surface area contributed by atoms with Gasteiger partial charge in [-0.3, -0.25) is 19.7 Å². The minimum Gasteiger partial charge on any atom is -0.356 e. The van der Waals surface area contributed by atoms with E-state index in [1.807, 2.05) is 66.7 Å². The Labute approximate surface area is 168 Å². The molecule has 1 saturated heterocycles. The summed E-state index contributed by atoms with van der Waals surface area (Å²) in [5.74, 6) is -0.221.